The summed E-state index contributed by atoms with van der Waals surface area (Å²) in [4.78, 5) is 11.7. The largest absolute Gasteiger partial charge is 0.388 e. The third-order valence-electron chi connectivity index (χ3n) is 3.46. The lowest BCUT2D eigenvalue weighted by molar-refractivity contribution is 0.00755. The van der Waals surface area contributed by atoms with E-state index in [1.807, 2.05) is 0 Å². The van der Waals surface area contributed by atoms with E-state index in [0.717, 1.165) is 32.1 Å². The number of benzene rings is 1. The highest BCUT2D eigenvalue weighted by Crippen LogP contribution is 2.27. The number of carbonyl (C=O) groups excluding carboxylic acids is 1. The normalized spacial score (nSPS) is 17.8. The van der Waals surface area contributed by atoms with Crippen LogP contribution in [0.1, 0.15) is 32.1 Å². The zero-order valence-electron chi connectivity index (χ0n) is 10.8. The molecule has 0 aliphatic heterocycles. The molecule has 0 bridgehead atoms. The maximum absolute atomic E-state index is 12.7. The van der Waals surface area contributed by atoms with Crippen molar-refractivity contribution in [3.05, 3.63) is 30.1 Å². The summed E-state index contributed by atoms with van der Waals surface area (Å²) < 4.78 is 12.7. The van der Waals surface area contributed by atoms with Crippen LogP contribution < -0.4 is 10.6 Å². The van der Waals surface area contributed by atoms with Crippen LogP contribution >= 0.6 is 0 Å². The van der Waals surface area contributed by atoms with Crippen molar-refractivity contribution < 1.29 is 14.3 Å². The van der Waals surface area contributed by atoms with Crippen LogP contribution in [-0.4, -0.2) is 23.3 Å². The number of hydrogen-bond donors (Lipinski definition) is 3. The first kappa shape index (κ1) is 13.8. The second-order valence-corrected chi connectivity index (χ2v) is 5.10. The topological polar surface area (TPSA) is 61.4 Å². The van der Waals surface area contributed by atoms with Gasteiger partial charge in [-0.05, 0) is 37.1 Å². The minimum atomic E-state index is -0.779. The number of anilines is 1. The van der Waals surface area contributed by atoms with Crippen LogP contribution in [-0.2, 0) is 0 Å². The molecule has 0 radical (unpaired) electrons. The summed E-state index contributed by atoms with van der Waals surface area (Å²) in [5.74, 6) is -0.345. The van der Waals surface area contributed by atoms with Gasteiger partial charge in [0, 0.05) is 12.2 Å². The molecule has 1 aliphatic rings. The fourth-order valence-electron chi connectivity index (χ4n) is 2.34. The van der Waals surface area contributed by atoms with Gasteiger partial charge in [-0.25, -0.2) is 9.18 Å². The van der Waals surface area contributed by atoms with Crippen molar-refractivity contribution in [2.75, 3.05) is 11.9 Å². The Morgan fingerprint density at radius 2 is 1.84 bits per heavy atom. The van der Waals surface area contributed by atoms with Gasteiger partial charge in [0.25, 0.3) is 0 Å². The Balaban J connectivity index is 1.79. The first-order chi connectivity index (χ1) is 9.07. The number of hydrogen-bond acceptors (Lipinski definition) is 2. The van der Waals surface area contributed by atoms with Crippen molar-refractivity contribution in [3.8, 4) is 0 Å². The van der Waals surface area contributed by atoms with Crippen molar-refractivity contribution in [2.24, 2.45) is 0 Å². The third kappa shape index (κ3) is 4.21. The Bertz CT molecular complexity index is 428. The summed E-state index contributed by atoms with van der Waals surface area (Å²) >= 11 is 0. The minimum absolute atomic E-state index is 0.250. The maximum Gasteiger partial charge on any atom is 0.319 e. The molecular weight excluding hydrogens is 247 g/mol. The molecule has 4 nitrogen and oxygen atoms in total. The smallest absolute Gasteiger partial charge is 0.319 e. The quantitative estimate of drug-likeness (QED) is 0.787. The van der Waals surface area contributed by atoms with E-state index in [2.05, 4.69) is 10.6 Å². The molecule has 0 aromatic heterocycles. The minimum Gasteiger partial charge on any atom is -0.388 e. The van der Waals surface area contributed by atoms with Gasteiger partial charge in [0.2, 0.25) is 0 Å². The number of nitrogens with one attached hydrogen (secondary N) is 2. The van der Waals surface area contributed by atoms with Gasteiger partial charge in [-0.2, -0.15) is 0 Å². The van der Waals surface area contributed by atoms with Crippen LogP contribution in [0.4, 0.5) is 14.9 Å². The highest BCUT2D eigenvalue weighted by Gasteiger charge is 2.29. The molecule has 3 N–H and O–H groups in total. The van der Waals surface area contributed by atoms with Gasteiger partial charge in [0.05, 0.1) is 5.60 Å². The second-order valence-electron chi connectivity index (χ2n) is 5.10. The van der Waals surface area contributed by atoms with Crippen LogP contribution in [0.15, 0.2) is 24.3 Å². The van der Waals surface area contributed by atoms with Crippen molar-refractivity contribution in [3.63, 3.8) is 0 Å². The van der Waals surface area contributed by atoms with Crippen LogP contribution in [0.3, 0.4) is 0 Å². The van der Waals surface area contributed by atoms with Crippen molar-refractivity contribution in [1.29, 1.82) is 0 Å². The predicted molar refractivity (Wildman–Crippen MR) is 71.5 cm³/mol. The SMILES string of the molecule is O=C(NCC1(O)CCCCC1)Nc1ccc(F)cc1. The highest BCUT2D eigenvalue weighted by molar-refractivity contribution is 5.89. The molecule has 1 aromatic carbocycles. The predicted octanol–water partition coefficient (Wildman–Crippen LogP) is 2.64. The Morgan fingerprint density at radius 3 is 2.47 bits per heavy atom. The lowest BCUT2D eigenvalue weighted by atomic mass is 9.85. The number of aliphatic hydroxyl groups is 1. The molecule has 2 rings (SSSR count). The van der Waals surface area contributed by atoms with E-state index in [0.29, 0.717) is 5.69 Å². The Labute approximate surface area is 112 Å². The van der Waals surface area contributed by atoms with E-state index < -0.39 is 5.60 Å². The van der Waals surface area contributed by atoms with Gasteiger partial charge in [-0.1, -0.05) is 19.3 Å². The van der Waals surface area contributed by atoms with Crippen LogP contribution in [0.5, 0.6) is 0 Å². The summed E-state index contributed by atoms with van der Waals surface area (Å²) in [6.07, 6.45) is 4.59. The lowest BCUT2D eigenvalue weighted by Crippen LogP contribution is -2.45. The molecule has 1 aromatic rings. The summed E-state index contributed by atoms with van der Waals surface area (Å²) in [6.45, 7) is 0.250. The van der Waals surface area contributed by atoms with E-state index in [1.165, 1.54) is 24.3 Å². The third-order valence-corrected chi connectivity index (χ3v) is 3.46. The van der Waals surface area contributed by atoms with Crippen molar-refractivity contribution in [1.82, 2.24) is 5.32 Å². The average Bonchev–Trinajstić information content (AvgIpc) is 2.40. The standard InChI is InChI=1S/C14H19FN2O2/c15-11-4-6-12(7-5-11)17-13(18)16-10-14(19)8-2-1-3-9-14/h4-7,19H,1-3,8-10H2,(H2,16,17,18). The second kappa shape index (κ2) is 6.02. The van der Waals surface area contributed by atoms with Crippen LogP contribution in [0.2, 0.25) is 0 Å². The van der Waals surface area contributed by atoms with E-state index in [9.17, 15) is 14.3 Å². The van der Waals surface area contributed by atoms with E-state index in [4.69, 9.17) is 0 Å². The zero-order chi connectivity index (χ0) is 13.7. The van der Waals surface area contributed by atoms with Gasteiger partial charge >= 0.3 is 6.03 Å². The first-order valence-electron chi connectivity index (χ1n) is 6.60. The molecule has 0 atom stereocenters. The molecule has 2 amide bonds. The fraction of sp³-hybridized carbons (Fsp3) is 0.500. The molecule has 1 aliphatic carbocycles. The highest BCUT2D eigenvalue weighted by atomic mass is 19.1. The Kier molecular flexibility index (Phi) is 4.37. The van der Waals surface area contributed by atoms with Gasteiger partial charge < -0.3 is 15.7 Å². The number of amides is 2. The van der Waals surface area contributed by atoms with Gasteiger partial charge in [-0.15, -0.1) is 0 Å². The molecule has 0 spiro atoms. The molecule has 19 heavy (non-hydrogen) atoms. The maximum atomic E-state index is 12.7. The fourth-order valence-corrected chi connectivity index (χ4v) is 2.34. The molecular formula is C14H19FN2O2. The van der Waals surface area contributed by atoms with E-state index >= 15 is 0 Å². The average molecular weight is 266 g/mol. The Hall–Kier alpha value is -1.62. The first-order valence-corrected chi connectivity index (χ1v) is 6.60. The van der Waals surface area contributed by atoms with Crippen LogP contribution in [0.25, 0.3) is 0 Å². The van der Waals surface area contributed by atoms with Gasteiger partial charge in [0.15, 0.2) is 0 Å². The van der Waals surface area contributed by atoms with E-state index in [1.54, 1.807) is 0 Å². The van der Waals surface area contributed by atoms with Gasteiger partial charge in [0.1, 0.15) is 5.82 Å². The molecule has 1 saturated carbocycles. The number of carbonyl (C=O) groups is 1. The number of rotatable bonds is 3. The Morgan fingerprint density at radius 1 is 1.21 bits per heavy atom. The number of urea groups is 1. The molecule has 104 valence electrons. The number of halogens is 1. The summed E-state index contributed by atoms with van der Waals surface area (Å²) in [6, 6.07) is 5.16. The molecule has 0 heterocycles. The molecule has 0 saturated heterocycles. The van der Waals surface area contributed by atoms with Crippen molar-refractivity contribution in [2.45, 2.75) is 37.7 Å². The molecule has 0 unspecified atom stereocenters. The summed E-state index contributed by atoms with van der Waals surface area (Å²) in [7, 11) is 0. The molecule has 1 fully saturated rings. The monoisotopic (exact) mass is 266 g/mol. The van der Waals surface area contributed by atoms with Crippen LogP contribution in [0, 0.1) is 5.82 Å². The lowest BCUT2D eigenvalue weighted by Gasteiger charge is -2.32. The van der Waals surface area contributed by atoms with E-state index in [-0.39, 0.29) is 18.4 Å². The summed E-state index contributed by atoms with van der Waals surface area (Å²) in [5, 5.41) is 15.5. The van der Waals surface area contributed by atoms with Gasteiger partial charge in [-0.3, -0.25) is 0 Å². The molecule has 5 heteroatoms. The van der Waals surface area contributed by atoms with Crippen molar-refractivity contribution >= 4 is 11.7 Å². The zero-order valence-corrected chi connectivity index (χ0v) is 10.8. The summed E-state index contributed by atoms with van der Waals surface area (Å²) in [5.41, 5.74) is -0.257.